The molecule has 5 heteroatoms. The molecule has 0 aliphatic carbocycles. The summed E-state index contributed by atoms with van der Waals surface area (Å²) in [5.41, 5.74) is 5.89. The van der Waals surface area contributed by atoms with Gasteiger partial charge < -0.3 is 19.5 Å². The number of hydrogen-bond donors (Lipinski definition) is 1. The van der Waals surface area contributed by atoms with E-state index in [0.717, 1.165) is 45.0 Å². The smallest absolute Gasteiger partial charge is 0.230 e. The lowest BCUT2D eigenvalue weighted by Crippen LogP contribution is -2.46. The van der Waals surface area contributed by atoms with E-state index in [0.29, 0.717) is 19.6 Å². The van der Waals surface area contributed by atoms with Gasteiger partial charge in [-0.2, -0.15) is 0 Å². The number of rotatable bonds is 9. The van der Waals surface area contributed by atoms with Crippen LogP contribution < -0.4 is 14.4 Å². The number of ether oxygens (including phenoxy) is 2. The number of hydrogen-bond acceptors (Lipinski definition) is 4. The Balaban J connectivity index is 1.30. The maximum atomic E-state index is 12.7. The van der Waals surface area contributed by atoms with E-state index in [9.17, 15) is 9.90 Å². The van der Waals surface area contributed by atoms with Crippen LogP contribution in [0.5, 0.6) is 17.2 Å². The minimum atomic E-state index is -0.155. The number of aromatic hydroxyl groups is 1. The normalized spacial score (nSPS) is 14.4. The van der Waals surface area contributed by atoms with E-state index in [1.807, 2.05) is 84.9 Å². The highest BCUT2D eigenvalue weighted by Gasteiger charge is 2.40. The molecular formula is C35H29NO4. The molecule has 1 heterocycles. The third kappa shape index (κ3) is 5.54. The maximum Gasteiger partial charge on any atom is 0.230 e. The van der Waals surface area contributed by atoms with Gasteiger partial charge in [0.15, 0.2) is 0 Å². The fourth-order valence-electron chi connectivity index (χ4n) is 4.96. The number of carbonyl (C=O) groups is 1. The second-order valence-electron chi connectivity index (χ2n) is 9.83. The minimum Gasteiger partial charge on any atom is -0.508 e. The van der Waals surface area contributed by atoms with Crippen LogP contribution in [0.3, 0.4) is 0 Å². The Morgan fingerprint density at radius 3 is 2.00 bits per heavy atom. The van der Waals surface area contributed by atoms with E-state index >= 15 is 0 Å². The van der Waals surface area contributed by atoms with Crippen LogP contribution in [0.15, 0.2) is 127 Å². The van der Waals surface area contributed by atoms with Gasteiger partial charge in [-0.25, -0.2) is 0 Å². The van der Waals surface area contributed by atoms with Crippen molar-refractivity contribution in [3.8, 4) is 28.4 Å². The topological polar surface area (TPSA) is 59.0 Å². The monoisotopic (exact) mass is 527 g/mol. The molecule has 0 bridgehead atoms. The Kier molecular flexibility index (Phi) is 7.18. The molecule has 0 saturated carbocycles. The van der Waals surface area contributed by atoms with Crippen molar-refractivity contribution in [2.75, 3.05) is 4.90 Å². The lowest BCUT2D eigenvalue weighted by molar-refractivity contribution is -0.124. The van der Waals surface area contributed by atoms with E-state index < -0.39 is 0 Å². The molecule has 1 amide bonds. The van der Waals surface area contributed by atoms with Crippen molar-refractivity contribution in [3.05, 3.63) is 144 Å². The first-order valence-electron chi connectivity index (χ1n) is 13.3. The van der Waals surface area contributed by atoms with Crippen molar-refractivity contribution in [2.24, 2.45) is 0 Å². The van der Waals surface area contributed by atoms with Crippen molar-refractivity contribution in [3.63, 3.8) is 0 Å². The number of amides is 1. The predicted molar refractivity (Wildman–Crippen MR) is 156 cm³/mol. The van der Waals surface area contributed by atoms with Crippen molar-refractivity contribution in [1.29, 1.82) is 0 Å². The van der Waals surface area contributed by atoms with E-state index in [-0.39, 0.29) is 17.7 Å². The number of carbonyl (C=O) groups excluding carboxylic acids is 1. The summed E-state index contributed by atoms with van der Waals surface area (Å²) >= 11 is 0. The number of benzene rings is 5. The third-order valence-corrected chi connectivity index (χ3v) is 7.10. The maximum absolute atomic E-state index is 12.7. The molecule has 0 spiro atoms. The molecule has 5 aromatic rings. The highest BCUT2D eigenvalue weighted by Crippen LogP contribution is 2.44. The zero-order valence-electron chi connectivity index (χ0n) is 21.9. The first kappa shape index (κ1) is 25.3. The lowest BCUT2D eigenvalue weighted by Gasteiger charge is -2.41. The quantitative estimate of drug-likeness (QED) is 0.200. The van der Waals surface area contributed by atoms with Gasteiger partial charge in [0, 0.05) is 11.3 Å². The molecule has 1 atom stereocenters. The van der Waals surface area contributed by atoms with Crippen LogP contribution in [0, 0.1) is 0 Å². The molecular weight excluding hydrogens is 498 g/mol. The van der Waals surface area contributed by atoms with Gasteiger partial charge in [0.1, 0.15) is 30.5 Å². The highest BCUT2D eigenvalue weighted by atomic mass is 16.5. The minimum absolute atomic E-state index is 0.0389. The second kappa shape index (κ2) is 11.4. The van der Waals surface area contributed by atoms with Crippen LogP contribution in [-0.2, 0) is 18.0 Å². The number of phenolic OH excluding ortho intramolecular Hbond substituents is 1. The molecule has 0 radical (unpaired) electrons. The molecule has 1 N–H and O–H groups in total. The summed E-state index contributed by atoms with van der Waals surface area (Å²) in [6.45, 7) is 0.912. The summed E-state index contributed by atoms with van der Waals surface area (Å²) in [7, 11) is 0. The lowest BCUT2D eigenvalue weighted by atomic mass is 9.90. The molecule has 1 aliphatic heterocycles. The first-order valence-corrected chi connectivity index (χ1v) is 13.3. The average Bonchev–Trinajstić information content (AvgIpc) is 3.00. The molecule has 1 aliphatic rings. The van der Waals surface area contributed by atoms with Gasteiger partial charge in [-0.3, -0.25) is 4.79 Å². The van der Waals surface area contributed by atoms with E-state index in [1.165, 1.54) is 0 Å². The van der Waals surface area contributed by atoms with Crippen LogP contribution in [0.1, 0.15) is 29.2 Å². The van der Waals surface area contributed by atoms with Gasteiger partial charge in [0.05, 0.1) is 12.5 Å². The molecule has 1 saturated heterocycles. The number of nitrogens with zero attached hydrogens (tertiary/aromatic N) is 1. The molecule has 40 heavy (non-hydrogen) atoms. The SMILES string of the molecule is O=C1CC(c2ccc(-c3cccc(OCc4ccccc4)c3)cc2OCc2ccccc2)N1c1ccc(O)cc1. The second-order valence-corrected chi connectivity index (χ2v) is 9.83. The standard InChI is InChI=1S/C35H29NO4/c37-30-17-15-29(16-18-30)36-33(22-35(36)38)32-19-14-28(21-34(32)40-24-26-10-5-2-6-11-26)27-12-7-13-31(20-27)39-23-25-8-3-1-4-9-25/h1-21,33,37H,22-24H2. The largest absolute Gasteiger partial charge is 0.508 e. The zero-order chi connectivity index (χ0) is 27.3. The first-order chi connectivity index (χ1) is 19.6. The van der Waals surface area contributed by atoms with Gasteiger partial charge in [-0.05, 0) is 64.7 Å². The van der Waals surface area contributed by atoms with Crippen LogP contribution in [0.25, 0.3) is 11.1 Å². The van der Waals surface area contributed by atoms with Crippen LogP contribution in [0.4, 0.5) is 5.69 Å². The van der Waals surface area contributed by atoms with Gasteiger partial charge in [0.25, 0.3) is 0 Å². The van der Waals surface area contributed by atoms with Crippen LogP contribution in [-0.4, -0.2) is 11.0 Å². The molecule has 6 rings (SSSR count). The highest BCUT2D eigenvalue weighted by molar-refractivity contribution is 6.01. The van der Waals surface area contributed by atoms with Gasteiger partial charge in [-0.15, -0.1) is 0 Å². The summed E-state index contributed by atoms with van der Waals surface area (Å²) in [6, 6.07) is 40.9. The number of β-lactam (4-membered cyclic amide) rings is 1. The van der Waals surface area contributed by atoms with Crippen LogP contribution >= 0.6 is 0 Å². The fourth-order valence-corrected chi connectivity index (χ4v) is 4.96. The van der Waals surface area contributed by atoms with Crippen molar-refractivity contribution < 1.29 is 19.4 Å². The Morgan fingerprint density at radius 1 is 0.675 bits per heavy atom. The van der Waals surface area contributed by atoms with Gasteiger partial charge >= 0.3 is 0 Å². The Bertz CT molecular complexity index is 1600. The summed E-state index contributed by atoms with van der Waals surface area (Å²) in [5.74, 6) is 1.73. The van der Waals surface area contributed by atoms with Gasteiger partial charge in [-0.1, -0.05) is 84.9 Å². The Hall–Kier alpha value is -5.03. The summed E-state index contributed by atoms with van der Waals surface area (Å²) in [6.07, 6.45) is 0.394. The van der Waals surface area contributed by atoms with Crippen molar-refractivity contribution in [2.45, 2.75) is 25.7 Å². The van der Waals surface area contributed by atoms with Crippen molar-refractivity contribution in [1.82, 2.24) is 0 Å². The zero-order valence-corrected chi connectivity index (χ0v) is 21.9. The number of anilines is 1. The fraction of sp³-hybridized carbons (Fsp3) is 0.114. The van der Waals surface area contributed by atoms with E-state index in [1.54, 1.807) is 29.2 Å². The average molecular weight is 528 g/mol. The Morgan fingerprint density at radius 2 is 1.32 bits per heavy atom. The van der Waals surface area contributed by atoms with E-state index in [2.05, 4.69) is 18.2 Å². The summed E-state index contributed by atoms with van der Waals surface area (Å²) in [5, 5.41) is 9.72. The van der Waals surface area contributed by atoms with Crippen molar-refractivity contribution >= 4 is 11.6 Å². The summed E-state index contributed by atoms with van der Waals surface area (Å²) in [4.78, 5) is 14.5. The molecule has 5 aromatic carbocycles. The molecule has 1 unspecified atom stereocenters. The number of phenols is 1. The molecule has 1 fully saturated rings. The van der Waals surface area contributed by atoms with Crippen LogP contribution in [0.2, 0.25) is 0 Å². The third-order valence-electron chi connectivity index (χ3n) is 7.10. The van der Waals surface area contributed by atoms with Gasteiger partial charge in [0.2, 0.25) is 5.91 Å². The predicted octanol–water partition coefficient (Wildman–Crippen LogP) is 7.70. The Labute approximate surface area is 233 Å². The molecule has 0 aromatic heterocycles. The molecule has 198 valence electrons. The van der Waals surface area contributed by atoms with E-state index in [4.69, 9.17) is 9.47 Å². The molecule has 5 nitrogen and oxygen atoms in total. The summed E-state index contributed by atoms with van der Waals surface area (Å²) < 4.78 is 12.5.